The fourth-order valence-corrected chi connectivity index (χ4v) is 0. The summed E-state index contributed by atoms with van der Waals surface area (Å²) in [7, 11) is 0. The molecule has 0 aliphatic carbocycles. The lowest BCUT2D eigenvalue weighted by Crippen LogP contribution is -1.38. The van der Waals surface area contributed by atoms with Crippen molar-refractivity contribution in [3.63, 3.8) is 0 Å². The first-order chi connectivity index (χ1) is 3.41. The minimum atomic E-state index is 0.795. The summed E-state index contributed by atoms with van der Waals surface area (Å²) >= 11 is 3.53. The van der Waals surface area contributed by atoms with Crippen LogP contribution in [0.3, 0.4) is 0 Å². The first kappa shape index (κ1) is 5.91. The number of hydrogen-bond acceptors (Lipinski definition) is 1. The molecule has 0 aromatic rings. The Kier molecular flexibility index (Phi) is 20.3. The molecule has 0 aliphatic rings. The summed E-state index contributed by atoms with van der Waals surface area (Å²) in [5.41, 5.74) is 0. The summed E-state index contributed by atoms with van der Waals surface area (Å²) in [5.74, 6) is 2.53. The number of rotatable bonds is 0. The van der Waals surface area contributed by atoms with E-state index in [0.717, 1.165) is 6.42 Å². The van der Waals surface area contributed by atoms with E-state index in [4.69, 9.17) is 1.37 Å². The van der Waals surface area contributed by atoms with Gasteiger partial charge in [0, 0.05) is 6.42 Å². The van der Waals surface area contributed by atoms with Crippen LogP contribution in [-0.2, 0) is 0 Å². The smallest absolute Gasteiger partial charge is 0.124 e. The van der Waals surface area contributed by atoms with Crippen molar-refractivity contribution in [2.75, 3.05) is 6.26 Å². The van der Waals surface area contributed by atoms with Crippen LogP contribution < -0.4 is 0 Å². The zero-order chi connectivity index (χ0) is 6.12. The zero-order valence-electron chi connectivity index (χ0n) is 5.15. The summed E-state index contributed by atoms with van der Waals surface area (Å²) in [6.45, 7) is 1.92. The van der Waals surface area contributed by atoms with Gasteiger partial charge in [-0.25, -0.2) is 0 Å². The van der Waals surface area contributed by atoms with Gasteiger partial charge in [-0.2, -0.15) is 12.6 Å². The van der Waals surface area contributed by atoms with Crippen molar-refractivity contribution in [1.29, 1.82) is 0 Å². The normalized spacial score (nSPS) is 5.50. The van der Waals surface area contributed by atoms with Gasteiger partial charge in [-0.05, 0) is 6.26 Å². The van der Waals surface area contributed by atoms with Crippen LogP contribution in [0.1, 0.15) is 14.7 Å². The number of hydrogen-bond donors (Lipinski definition) is 1. The number of terminal acetylenes is 1. The summed E-state index contributed by atoms with van der Waals surface area (Å²) in [6.07, 6.45) is 4.51. The maximum atomic E-state index is 6.24. The van der Waals surface area contributed by atoms with Crippen molar-refractivity contribution >= 4 is 12.6 Å². The molecule has 0 atom stereocenters. The summed E-state index contributed by atoms with van der Waals surface area (Å²) in [6, 6.07) is 0. The van der Waals surface area contributed by atoms with E-state index in [-0.39, 0.29) is 0 Å². The average molecular weight is 104 g/mol. The van der Waals surface area contributed by atoms with Crippen LogP contribution in [0.2, 0.25) is 0 Å². The largest absolute Gasteiger partial charge is 0.183 e. The van der Waals surface area contributed by atoms with Crippen LogP contribution in [0.25, 0.3) is 0 Å². The van der Waals surface area contributed by atoms with Gasteiger partial charge in [0.1, 0.15) is 1.37 Å². The Morgan fingerprint density at radius 1 is 2.00 bits per heavy atom. The second-order valence-electron chi connectivity index (χ2n) is 0.530. The van der Waals surface area contributed by atoms with Gasteiger partial charge in [-0.1, -0.05) is 6.92 Å². The average Bonchev–Trinajstić information content (AvgIpc) is 1.75. The van der Waals surface area contributed by atoms with Gasteiger partial charge in [0.15, 0.2) is 0 Å². The third-order valence-electron chi connectivity index (χ3n) is 0.177. The highest BCUT2D eigenvalue weighted by Gasteiger charge is 1.43. The monoisotopic (exact) mass is 104 g/mol. The Balaban J connectivity index is 0. The fourth-order valence-electron chi connectivity index (χ4n) is 0. The van der Waals surface area contributed by atoms with Crippen LogP contribution in [0.15, 0.2) is 0 Å². The lowest BCUT2D eigenvalue weighted by atomic mass is 10.5. The van der Waals surface area contributed by atoms with Crippen molar-refractivity contribution in [3.8, 4) is 12.3 Å². The Morgan fingerprint density at radius 3 is 2.50 bits per heavy atom. The van der Waals surface area contributed by atoms with Crippen molar-refractivity contribution in [2.24, 2.45) is 0 Å². The third kappa shape index (κ3) is 40.0. The van der Waals surface area contributed by atoms with Crippen molar-refractivity contribution in [2.45, 2.75) is 13.3 Å². The topological polar surface area (TPSA) is 0 Å². The second kappa shape index (κ2) is 20.6. The molecule has 0 aromatic carbocycles. The summed E-state index contributed by atoms with van der Waals surface area (Å²) in [5, 5.41) is 0. The van der Waals surface area contributed by atoms with Gasteiger partial charge in [0.05, 0.1) is 0 Å². The molecule has 6 heavy (non-hydrogen) atoms. The Morgan fingerprint density at radius 2 is 2.50 bits per heavy atom. The fraction of sp³-hybridized carbons (Fsp3) is 0.600. The molecule has 0 rings (SSSR count). The van der Waals surface area contributed by atoms with Crippen molar-refractivity contribution < 1.29 is 1.37 Å². The minimum absolute atomic E-state index is 0.795. The molecule has 0 N–H and O–H groups in total. The van der Waals surface area contributed by atoms with E-state index >= 15 is 0 Å². The van der Waals surface area contributed by atoms with E-state index in [1.54, 1.807) is 6.26 Å². The third-order valence-corrected chi connectivity index (χ3v) is 0.177. The summed E-state index contributed by atoms with van der Waals surface area (Å²) < 4.78 is 6.24. The number of thiol groups is 1. The molecule has 0 bridgehead atoms. The highest BCUT2D eigenvalue weighted by molar-refractivity contribution is 7.79. The predicted octanol–water partition coefficient (Wildman–Crippen LogP) is 1.58. The van der Waals surface area contributed by atoms with E-state index in [1.165, 1.54) is 0 Å². The van der Waals surface area contributed by atoms with E-state index in [2.05, 4.69) is 18.5 Å². The summed E-state index contributed by atoms with van der Waals surface area (Å²) in [4.78, 5) is 0. The van der Waals surface area contributed by atoms with Crippen LogP contribution in [0.5, 0.6) is 0 Å². The van der Waals surface area contributed by atoms with E-state index < -0.39 is 0 Å². The SMILES string of the molecule is CS.[3H]C#CCC. The van der Waals surface area contributed by atoms with Gasteiger partial charge < -0.3 is 0 Å². The molecule has 0 nitrogen and oxygen atoms in total. The van der Waals surface area contributed by atoms with Crippen molar-refractivity contribution in [3.05, 3.63) is 0 Å². The molecule has 0 amide bonds. The molecule has 0 saturated carbocycles. The quantitative estimate of drug-likeness (QED) is 0.350. The molecule has 36 valence electrons. The Labute approximate surface area is 46.8 Å². The molecule has 0 saturated heterocycles. The van der Waals surface area contributed by atoms with Crippen molar-refractivity contribution in [1.82, 2.24) is 0 Å². The Bertz CT molecular complexity index is 60.2. The molecule has 0 radical (unpaired) electrons. The lowest BCUT2D eigenvalue weighted by Gasteiger charge is -1.52. The highest BCUT2D eigenvalue weighted by Crippen LogP contribution is 1.58. The Hall–Kier alpha value is -0.0900. The van der Waals surface area contributed by atoms with Gasteiger partial charge in [-0.3, -0.25) is 0 Å². The molecule has 0 unspecified atom stereocenters. The molecule has 0 aromatic heterocycles. The molecular weight excluding hydrogens is 92.1 g/mol. The highest BCUT2D eigenvalue weighted by atomic mass is 32.1. The first-order valence-electron chi connectivity index (χ1n) is 2.26. The molecule has 0 spiro atoms. The molecule has 0 heterocycles. The maximum absolute atomic E-state index is 6.24. The van der Waals surface area contributed by atoms with Gasteiger partial charge in [0.2, 0.25) is 0 Å². The van der Waals surface area contributed by atoms with E-state index in [1.807, 2.05) is 13.3 Å². The van der Waals surface area contributed by atoms with Gasteiger partial charge in [-0.15, -0.1) is 12.3 Å². The van der Waals surface area contributed by atoms with Crippen LogP contribution in [0.4, 0.5) is 0 Å². The molecule has 1 heteroatoms. The van der Waals surface area contributed by atoms with E-state index in [0.29, 0.717) is 0 Å². The van der Waals surface area contributed by atoms with Gasteiger partial charge >= 0.3 is 0 Å². The predicted molar refractivity (Wildman–Crippen MR) is 34.0 cm³/mol. The first-order valence-corrected chi connectivity index (χ1v) is 2.65. The van der Waals surface area contributed by atoms with Crippen LogP contribution >= 0.6 is 12.6 Å². The molecule has 0 fully saturated rings. The van der Waals surface area contributed by atoms with Crippen LogP contribution in [-0.4, -0.2) is 6.26 Å². The lowest BCUT2D eigenvalue weighted by molar-refractivity contribution is 1.28. The van der Waals surface area contributed by atoms with Gasteiger partial charge in [0.25, 0.3) is 0 Å². The standard InChI is InChI=1S/C4H6.CH4S/c1-3-4-2;1-2/h1H,4H2,2H3;2H,1H3/i1T;. The minimum Gasteiger partial charge on any atom is -0.183 e. The van der Waals surface area contributed by atoms with Crippen LogP contribution in [0, 0.1) is 12.3 Å². The molecule has 0 aliphatic heterocycles. The molecular formula is C5H10S. The van der Waals surface area contributed by atoms with E-state index in [9.17, 15) is 0 Å². The zero-order valence-corrected chi connectivity index (χ0v) is 5.05. The second-order valence-corrected chi connectivity index (χ2v) is 0.530. The maximum Gasteiger partial charge on any atom is 0.124 e.